The average Bonchev–Trinajstić information content (AvgIpc) is 2.57. The predicted molar refractivity (Wildman–Crippen MR) is 68.7 cm³/mol. The summed E-state index contributed by atoms with van der Waals surface area (Å²) in [5, 5.41) is 88.1. The largest absolute Gasteiger partial charge is 0.394 e. The minimum atomic E-state index is -3.22. The van der Waals surface area contributed by atoms with Crippen LogP contribution in [0.5, 0.6) is 0 Å². The van der Waals surface area contributed by atoms with Gasteiger partial charge in [0, 0.05) is 0 Å². The molecule has 0 spiro atoms. The van der Waals surface area contributed by atoms with E-state index in [4.69, 9.17) is 21.1 Å². The first kappa shape index (κ1) is 17.4. The van der Waals surface area contributed by atoms with Crippen LogP contribution in [-0.2, 0) is 9.47 Å². The third kappa shape index (κ3) is 2.99. The zero-order chi connectivity index (χ0) is 18.4. The first-order valence-electron chi connectivity index (χ1n) is 7.43. The fourth-order valence-corrected chi connectivity index (χ4v) is 2.66. The molecular weight excluding hydrogens is 320 g/mol. The van der Waals surface area contributed by atoms with Crippen molar-refractivity contribution in [3.8, 4) is 0 Å². The average molecular weight is 343 g/mol. The van der Waals surface area contributed by atoms with Crippen LogP contribution in [0.25, 0.3) is 0 Å². The number of hydrogen-bond donors (Lipinski definition) is 9. The van der Waals surface area contributed by atoms with Gasteiger partial charge in [-0.15, -0.1) is 0 Å². The number of rotatable bonds is 3. The minimum Gasteiger partial charge on any atom is -0.394 e. The second-order valence-corrected chi connectivity index (χ2v) is 5.59. The Balaban J connectivity index is 2.45. The molecule has 0 bridgehead atoms. The molecule has 0 aromatic rings. The zero-order valence-corrected chi connectivity index (χ0v) is 11.9. The van der Waals surface area contributed by atoms with Crippen molar-refractivity contribution >= 4 is 0 Å². The quantitative estimate of drug-likeness (QED) is 0.236. The molecule has 9 N–H and O–H groups in total. The molecule has 2 unspecified atom stereocenters. The summed E-state index contributed by atoms with van der Waals surface area (Å²) in [7, 11) is 0. The highest BCUT2D eigenvalue weighted by atomic mass is 16.7. The predicted octanol–water partition coefficient (Wildman–Crippen LogP) is -6.01. The van der Waals surface area contributed by atoms with Crippen molar-refractivity contribution in [2.75, 3.05) is 13.2 Å². The maximum atomic E-state index is 10.6. The van der Waals surface area contributed by atoms with E-state index in [1.54, 1.807) is 0 Å². The number of aliphatic hydroxyl groups excluding tert-OH is 8. The van der Waals surface area contributed by atoms with E-state index >= 15 is 0 Å². The van der Waals surface area contributed by atoms with Crippen LogP contribution in [0.4, 0.5) is 0 Å². The lowest BCUT2D eigenvalue weighted by Crippen LogP contribution is -2.75. The van der Waals surface area contributed by atoms with E-state index in [1.807, 2.05) is 0 Å². The van der Waals surface area contributed by atoms with Crippen molar-refractivity contribution < 1.29 is 56.8 Å². The van der Waals surface area contributed by atoms with E-state index in [9.17, 15) is 35.7 Å². The highest BCUT2D eigenvalue weighted by molar-refractivity contribution is 5.05. The maximum Gasteiger partial charge on any atom is 0.225 e. The molecule has 0 radical (unpaired) electrons. The molecule has 0 saturated carbocycles. The second kappa shape index (κ2) is 6.82. The summed E-state index contributed by atoms with van der Waals surface area (Å²) in [6, 6.07) is 0. The maximum absolute atomic E-state index is 10.6. The molecule has 0 amide bonds. The lowest BCUT2D eigenvalue weighted by molar-refractivity contribution is -0.406. The van der Waals surface area contributed by atoms with Gasteiger partial charge in [-0.05, 0) is 0 Å². The van der Waals surface area contributed by atoms with Crippen LogP contribution in [0, 0.1) is 0 Å². The monoisotopic (exact) mass is 343 g/mol. The standard InChI is InChI=1S/C12H22O11/c13-1-3-5(15)7(17)9(19)11(22-3)12(21)10(20)8(18)6(16)4(2-14)23-12/h3-11,13-21H,1-2H2/t3-,4-,5+,6-,7+,8+,9-,10-,11?,12?/m1/s1/i11D. The molecule has 2 fully saturated rings. The number of hydrogen-bond acceptors (Lipinski definition) is 11. The van der Waals surface area contributed by atoms with Crippen molar-refractivity contribution in [2.45, 2.75) is 60.7 Å². The summed E-state index contributed by atoms with van der Waals surface area (Å²) >= 11 is 0. The molecule has 0 aromatic heterocycles. The Kier molecular flexibility index (Phi) is 5.15. The molecule has 0 aromatic carbocycles. The summed E-state index contributed by atoms with van der Waals surface area (Å²) < 4.78 is 18.0. The van der Waals surface area contributed by atoms with Gasteiger partial charge in [0.15, 0.2) is 0 Å². The van der Waals surface area contributed by atoms with E-state index in [0.29, 0.717) is 0 Å². The molecule has 2 heterocycles. The van der Waals surface area contributed by atoms with Crippen molar-refractivity contribution in [3.05, 3.63) is 0 Å². The van der Waals surface area contributed by atoms with Crippen LogP contribution in [0.15, 0.2) is 0 Å². The summed E-state index contributed by atoms with van der Waals surface area (Å²) in [5.41, 5.74) is 0. The van der Waals surface area contributed by atoms with Gasteiger partial charge in [0.1, 0.15) is 54.9 Å². The van der Waals surface area contributed by atoms with Crippen LogP contribution >= 0.6 is 0 Å². The van der Waals surface area contributed by atoms with Crippen LogP contribution in [0.2, 0.25) is 0 Å². The molecule has 23 heavy (non-hydrogen) atoms. The van der Waals surface area contributed by atoms with Gasteiger partial charge in [0.05, 0.1) is 14.6 Å². The topological polar surface area (TPSA) is 201 Å². The van der Waals surface area contributed by atoms with Crippen molar-refractivity contribution in [1.82, 2.24) is 0 Å². The Morgan fingerprint density at radius 1 is 0.783 bits per heavy atom. The third-order valence-electron chi connectivity index (χ3n) is 4.10. The van der Waals surface area contributed by atoms with Gasteiger partial charge in [-0.1, -0.05) is 0 Å². The lowest BCUT2D eigenvalue weighted by atomic mass is 9.83. The molecule has 2 rings (SSSR count). The molecule has 2 aliphatic rings. The Hall–Kier alpha value is -0.440. The molecule has 2 aliphatic heterocycles. The molecular formula is C12H22O11. The highest BCUT2D eigenvalue weighted by Gasteiger charge is 2.62. The highest BCUT2D eigenvalue weighted by Crippen LogP contribution is 2.37. The Bertz CT molecular complexity index is 411. The molecule has 0 aliphatic carbocycles. The smallest absolute Gasteiger partial charge is 0.225 e. The van der Waals surface area contributed by atoms with Crippen molar-refractivity contribution in [2.24, 2.45) is 0 Å². The lowest BCUT2D eigenvalue weighted by Gasteiger charge is -2.52. The molecule has 11 nitrogen and oxygen atoms in total. The van der Waals surface area contributed by atoms with Crippen molar-refractivity contribution in [1.29, 1.82) is 0 Å². The van der Waals surface area contributed by atoms with Gasteiger partial charge in [-0.25, -0.2) is 0 Å². The van der Waals surface area contributed by atoms with Crippen LogP contribution in [0.1, 0.15) is 1.37 Å². The minimum absolute atomic E-state index is 0.910. The first-order valence-corrected chi connectivity index (χ1v) is 6.93. The SMILES string of the molecule is [2H]C1(C2(O)O[C@H](CO)[C@@H](O)[C@H](O)[C@H]2O)O[C@H](CO)[C@H](O)[C@H](O)[C@H]1O. The summed E-state index contributed by atoms with van der Waals surface area (Å²) in [6.45, 7) is -1.83. The van der Waals surface area contributed by atoms with Gasteiger partial charge in [-0.3, -0.25) is 0 Å². The summed E-state index contributed by atoms with van der Waals surface area (Å²) in [6.07, 6.45) is -18.9. The summed E-state index contributed by atoms with van der Waals surface area (Å²) in [5.74, 6) is -3.22. The molecule has 2 saturated heterocycles. The van der Waals surface area contributed by atoms with E-state index in [0.717, 1.165) is 0 Å². The fraction of sp³-hybridized carbons (Fsp3) is 1.00. The van der Waals surface area contributed by atoms with Gasteiger partial charge in [-0.2, -0.15) is 0 Å². The first-order chi connectivity index (χ1) is 11.0. The molecule has 11 heteroatoms. The molecule has 136 valence electrons. The number of ether oxygens (including phenoxy) is 2. The van der Waals surface area contributed by atoms with Crippen LogP contribution in [0.3, 0.4) is 0 Å². The second-order valence-electron chi connectivity index (χ2n) is 5.59. The van der Waals surface area contributed by atoms with E-state index < -0.39 is 73.9 Å². The molecule has 10 atom stereocenters. The van der Waals surface area contributed by atoms with Gasteiger partial charge >= 0.3 is 0 Å². The third-order valence-corrected chi connectivity index (χ3v) is 4.10. The van der Waals surface area contributed by atoms with Crippen LogP contribution in [-0.4, -0.2) is 120 Å². The fourth-order valence-electron chi connectivity index (χ4n) is 2.66. The Morgan fingerprint density at radius 2 is 1.30 bits per heavy atom. The summed E-state index contributed by atoms with van der Waals surface area (Å²) in [4.78, 5) is 0. The Labute approximate surface area is 132 Å². The van der Waals surface area contributed by atoms with Gasteiger partial charge < -0.3 is 55.4 Å². The van der Waals surface area contributed by atoms with Gasteiger partial charge in [0.25, 0.3) is 0 Å². The number of aliphatic hydroxyl groups is 9. The Morgan fingerprint density at radius 3 is 1.83 bits per heavy atom. The van der Waals surface area contributed by atoms with Crippen LogP contribution < -0.4 is 0 Å². The van der Waals surface area contributed by atoms with E-state index in [1.165, 1.54) is 0 Å². The van der Waals surface area contributed by atoms with E-state index in [2.05, 4.69) is 0 Å². The van der Waals surface area contributed by atoms with Gasteiger partial charge in [0.2, 0.25) is 5.79 Å². The zero-order valence-electron chi connectivity index (χ0n) is 12.9. The van der Waals surface area contributed by atoms with E-state index in [-0.39, 0.29) is 0 Å². The van der Waals surface area contributed by atoms with Crippen molar-refractivity contribution in [3.63, 3.8) is 0 Å². The normalized spacial score (nSPS) is 58.7.